The maximum absolute atomic E-state index is 14.0. The molecule has 0 radical (unpaired) electrons. The van der Waals surface area contributed by atoms with E-state index in [9.17, 15) is 14.3 Å². The highest BCUT2D eigenvalue weighted by Crippen LogP contribution is 2.30. The zero-order chi connectivity index (χ0) is 16.7. The Labute approximate surface area is 135 Å². The lowest BCUT2D eigenvalue weighted by molar-refractivity contribution is 0.0924. The van der Waals surface area contributed by atoms with Crippen LogP contribution in [0, 0.1) is 5.82 Å². The van der Waals surface area contributed by atoms with Crippen LogP contribution in [0.1, 0.15) is 10.5 Å². The third-order valence-electron chi connectivity index (χ3n) is 3.75. The van der Waals surface area contributed by atoms with Gasteiger partial charge in [0.05, 0.1) is 17.8 Å². The number of aromatic nitrogens is 4. The molecule has 2 aromatic heterocycles. The molecule has 0 atom stereocenters. The SMILES string of the molecule is O=C1NCCn2nc(-c3ccnc(-c4c(O)cccc4F)n3)cc21. The molecule has 7 nitrogen and oxygen atoms in total. The maximum Gasteiger partial charge on any atom is 0.269 e. The van der Waals surface area contributed by atoms with Gasteiger partial charge in [-0.05, 0) is 24.3 Å². The van der Waals surface area contributed by atoms with Crippen LogP contribution in [0.3, 0.4) is 0 Å². The number of nitrogens with zero attached hydrogens (tertiary/aromatic N) is 4. The lowest BCUT2D eigenvalue weighted by atomic mass is 10.1. The van der Waals surface area contributed by atoms with E-state index in [1.165, 1.54) is 24.4 Å². The van der Waals surface area contributed by atoms with Crippen LogP contribution in [0.15, 0.2) is 36.5 Å². The minimum atomic E-state index is -0.615. The van der Waals surface area contributed by atoms with Crippen molar-refractivity contribution in [2.75, 3.05) is 6.54 Å². The van der Waals surface area contributed by atoms with Gasteiger partial charge >= 0.3 is 0 Å². The molecule has 3 heterocycles. The van der Waals surface area contributed by atoms with Crippen molar-refractivity contribution >= 4 is 5.91 Å². The van der Waals surface area contributed by atoms with Crippen LogP contribution in [-0.4, -0.2) is 37.3 Å². The van der Waals surface area contributed by atoms with Gasteiger partial charge in [-0.25, -0.2) is 14.4 Å². The van der Waals surface area contributed by atoms with Crippen LogP contribution >= 0.6 is 0 Å². The average molecular weight is 325 g/mol. The second-order valence-electron chi connectivity index (χ2n) is 5.29. The number of amides is 1. The zero-order valence-corrected chi connectivity index (χ0v) is 12.4. The summed E-state index contributed by atoms with van der Waals surface area (Å²) in [4.78, 5) is 20.1. The van der Waals surface area contributed by atoms with E-state index < -0.39 is 5.82 Å². The summed E-state index contributed by atoms with van der Waals surface area (Å²) >= 11 is 0. The third-order valence-corrected chi connectivity index (χ3v) is 3.75. The van der Waals surface area contributed by atoms with Crippen molar-refractivity contribution < 1.29 is 14.3 Å². The quantitative estimate of drug-likeness (QED) is 0.746. The number of carbonyl (C=O) groups excluding carboxylic acids is 1. The lowest BCUT2D eigenvalue weighted by Crippen LogP contribution is -2.35. The van der Waals surface area contributed by atoms with Crippen molar-refractivity contribution in [3.63, 3.8) is 0 Å². The summed E-state index contributed by atoms with van der Waals surface area (Å²) in [5.41, 5.74) is 1.31. The van der Waals surface area contributed by atoms with E-state index in [1.54, 1.807) is 16.8 Å². The fourth-order valence-corrected chi connectivity index (χ4v) is 2.62. The second kappa shape index (κ2) is 5.41. The minimum Gasteiger partial charge on any atom is -0.507 e. The molecule has 0 unspecified atom stereocenters. The van der Waals surface area contributed by atoms with E-state index in [0.29, 0.717) is 30.2 Å². The van der Waals surface area contributed by atoms with Gasteiger partial charge in [0.1, 0.15) is 23.0 Å². The Kier molecular flexibility index (Phi) is 3.23. The number of aromatic hydroxyl groups is 1. The Morgan fingerprint density at radius 1 is 1.25 bits per heavy atom. The Balaban J connectivity index is 1.80. The van der Waals surface area contributed by atoms with E-state index in [1.807, 2.05) is 0 Å². The molecule has 1 aliphatic heterocycles. The minimum absolute atomic E-state index is 0.0542. The fraction of sp³-hybridized carbons (Fsp3) is 0.125. The van der Waals surface area contributed by atoms with Crippen LogP contribution in [0.2, 0.25) is 0 Å². The highest BCUT2D eigenvalue weighted by Gasteiger charge is 2.21. The normalized spacial score (nSPS) is 13.5. The molecule has 0 aliphatic carbocycles. The van der Waals surface area contributed by atoms with Gasteiger partial charge in [0.25, 0.3) is 5.91 Å². The van der Waals surface area contributed by atoms with Crippen molar-refractivity contribution in [1.82, 2.24) is 25.1 Å². The Morgan fingerprint density at radius 2 is 2.12 bits per heavy atom. The number of nitrogens with one attached hydrogen (secondary N) is 1. The van der Waals surface area contributed by atoms with Crippen LogP contribution in [-0.2, 0) is 6.54 Å². The molecule has 3 aromatic rings. The second-order valence-corrected chi connectivity index (χ2v) is 5.29. The molecular weight excluding hydrogens is 313 g/mol. The molecule has 1 aromatic carbocycles. The largest absolute Gasteiger partial charge is 0.507 e. The number of fused-ring (bicyclic) bond motifs is 1. The van der Waals surface area contributed by atoms with Gasteiger partial charge in [-0.15, -0.1) is 0 Å². The fourth-order valence-electron chi connectivity index (χ4n) is 2.62. The molecular formula is C16H12FN5O2. The van der Waals surface area contributed by atoms with Crippen molar-refractivity contribution in [2.45, 2.75) is 6.54 Å². The van der Waals surface area contributed by atoms with Gasteiger partial charge in [0.2, 0.25) is 0 Å². The van der Waals surface area contributed by atoms with Gasteiger partial charge in [-0.1, -0.05) is 6.07 Å². The van der Waals surface area contributed by atoms with Gasteiger partial charge in [-0.3, -0.25) is 9.48 Å². The summed E-state index contributed by atoms with van der Waals surface area (Å²) in [6, 6.07) is 7.24. The first-order valence-electron chi connectivity index (χ1n) is 7.31. The maximum atomic E-state index is 14.0. The molecule has 24 heavy (non-hydrogen) atoms. The number of benzene rings is 1. The molecule has 0 fully saturated rings. The summed E-state index contributed by atoms with van der Waals surface area (Å²) in [6.07, 6.45) is 1.46. The van der Waals surface area contributed by atoms with Gasteiger partial charge < -0.3 is 10.4 Å². The van der Waals surface area contributed by atoms with Crippen molar-refractivity contribution in [3.8, 4) is 28.5 Å². The standard InChI is InChI=1S/C16H12FN5O2/c17-9-2-1-3-13(23)14(9)15-18-5-4-10(20-15)11-8-12-16(24)19-6-7-22(12)21-11/h1-5,8,23H,6-7H2,(H,19,24). The number of phenols is 1. The predicted molar refractivity (Wildman–Crippen MR) is 82.6 cm³/mol. The molecule has 0 saturated carbocycles. The summed E-state index contributed by atoms with van der Waals surface area (Å²) in [5, 5.41) is 17.0. The van der Waals surface area contributed by atoms with E-state index in [-0.39, 0.29) is 23.0 Å². The Hall–Kier alpha value is -3.29. The number of carbonyl (C=O) groups is 1. The first kappa shape index (κ1) is 14.3. The molecule has 0 bridgehead atoms. The number of rotatable bonds is 2. The third kappa shape index (κ3) is 2.28. The number of hydrogen-bond donors (Lipinski definition) is 2. The molecule has 8 heteroatoms. The van der Waals surface area contributed by atoms with Gasteiger partial charge in [0, 0.05) is 12.7 Å². The monoisotopic (exact) mass is 325 g/mol. The molecule has 0 spiro atoms. The number of phenolic OH excluding ortho intramolecular Hbond substituents is 1. The molecule has 2 N–H and O–H groups in total. The lowest BCUT2D eigenvalue weighted by Gasteiger charge is -2.13. The van der Waals surface area contributed by atoms with E-state index in [2.05, 4.69) is 20.4 Å². The summed E-state index contributed by atoms with van der Waals surface area (Å²) in [7, 11) is 0. The molecule has 1 amide bonds. The summed E-state index contributed by atoms with van der Waals surface area (Å²) in [5.74, 6) is -0.995. The highest BCUT2D eigenvalue weighted by atomic mass is 19.1. The van der Waals surface area contributed by atoms with Gasteiger partial charge in [-0.2, -0.15) is 5.10 Å². The van der Waals surface area contributed by atoms with Crippen molar-refractivity contribution in [3.05, 3.63) is 48.0 Å². The highest BCUT2D eigenvalue weighted by molar-refractivity contribution is 5.94. The summed E-state index contributed by atoms with van der Waals surface area (Å²) < 4.78 is 15.6. The molecule has 1 aliphatic rings. The number of halogens is 1. The van der Waals surface area contributed by atoms with Crippen molar-refractivity contribution in [1.29, 1.82) is 0 Å². The Morgan fingerprint density at radius 3 is 2.92 bits per heavy atom. The Bertz CT molecular complexity index is 933. The first-order valence-corrected chi connectivity index (χ1v) is 7.31. The zero-order valence-electron chi connectivity index (χ0n) is 12.4. The van der Waals surface area contributed by atoms with Crippen LogP contribution in [0.5, 0.6) is 5.75 Å². The molecule has 4 rings (SSSR count). The van der Waals surface area contributed by atoms with E-state index in [0.717, 1.165) is 0 Å². The van der Waals surface area contributed by atoms with Gasteiger partial charge in [0.15, 0.2) is 5.82 Å². The van der Waals surface area contributed by atoms with E-state index >= 15 is 0 Å². The van der Waals surface area contributed by atoms with Crippen LogP contribution in [0.4, 0.5) is 4.39 Å². The smallest absolute Gasteiger partial charge is 0.269 e. The molecule has 120 valence electrons. The topological polar surface area (TPSA) is 92.9 Å². The van der Waals surface area contributed by atoms with Crippen molar-refractivity contribution in [2.24, 2.45) is 0 Å². The first-order chi connectivity index (χ1) is 11.6. The van der Waals surface area contributed by atoms with Crippen LogP contribution in [0.25, 0.3) is 22.8 Å². The number of hydrogen-bond acceptors (Lipinski definition) is 5. The van der Waals surface area contributed by atoms with Crippen LogP contribution < -0.4 is 5.32 Å². The van der Waals surface area contributed by atoms with E-state index in [4.69, 9.17) is 0 Å². The average Bonchev–Trinajstić information content (AvgIpc) is 3.01. The molecule has 0 saturated heterocycles. The summed E-state index contributed by atoms with van der Waals surface area (Å²) in [6.45, 7) is 1.10. The predicted octanol–water partition coefficient (Wildman–Crippen LogP) is 1.60.